The minimum atomic E-state index is -0.571. The molecule has 0 amide bonds. The van der Waals surface area contributed by atoms with Crippen LogP contribution in [0.25, 0.3) is 178 Å². The summed E-state index contributed by atoms with van der Waals surface area (Å²) in [5.41, 5.74) is 31.3. The van der Waals surface area contributed by atoms with E-state index in [0.29, 0.717) is 23.3 Å². The summed E-state index contributed by atoms with van der Waals surface area (Å²) in [6.45, 7) is 0. The highest BCUT2D eigenvalue weighted by molar-refractivity contribution is 6.16. The maximum absolute atomic E-state index is 7.18. The third-order valence-electron chi connectivity index (χ3n) is 26.2. The highest BCUT2D eigenvalue weighted by atomic mass is 16.5. The fourth-order valence-electron chi connectivity index (χ4n) is 20.4. The summed E-state index contributed by atoms with van der Waals surface area (Å²) >= 11 is 0. The van der Waals surface area contributed by atoms with Gasteiger partial charge in [-0.2, -0.15) is 0 Å². The monoisotopic (exact) mass is 1630 g/mol. The number of fused-ring (bicyclic) bond motifs is 26. The topological polar surface area (TPSA) is 109 Å². The number of aromatic nitrogens is 7. The molecule has 4 aromatic heterocycles. The van der Waals surface area contributed by atoms with Crippen LogP contribution in [0, 0.1) is 0 Å². The number of rotatable bonds is 10. The van der Waals surface area contributed by atoms with Crippen molar-refractivity contribution in [1.29, 1.82) is 0 Å². The molecular weight excluding hydrogens is 1560 g/mol. The fourth-order valence-corrected chi connectivity index (χ4v) is 20.4. The molecule has 0 saturated carbocycles. The molecular formula is C119H73N7O2. The lowest BCUT2D eigenvalue weighted by Crippen LogP contribution is -2.32. The van der Waals surface area contributed by atoms with Gasteiger partial charge in [0.05, 0.1) is 55.4 Å². The predicted octanol–water partition coefficient (Wildman–Crippen LogP) is 29.4. The SMILES string of the molecule is c1ccc(-c2cc(-c3ccc(-c4ccc(-c5nc6ccccc6c6ccc7c(c56)Oc5ccccc5C75c6ccccc6-c6ccccc65)cc4)cc3)nc(-c3ccccc3)n2)cc1.c1ccc(-c2nc(-c3ccccc3)nc(-c3ccc(-c4ccc(-c5nc6ccccc6c6ccc7c(c56)Oc5ccccc5C75c6ccccc6-c6ccccc65)cc4)cc3)n2)cc1. The molecule has 2 aliphatic carbocycles. The van der Waals surface area contributed by atoms with Crippen molar-refractivity contribution >= 4 is 43.4 Å². The molecule has 9 heteroatoms. The normalized spacial score (nSPS) is 12.9. The van der Waals surface area contributed by atoms with Crippen molar-refractivity contribution in [2.75, 3.05) is 0 Å². The third kappa shape index (κ3) is 11.7. The molecule has 2 spiro atoms. The molecule has 18 aromatic carbocycles. The molecule has 128 heavy (non-hydrogen) atoms. The maximum atomic E-state index is 7.18. The first-order valence-electron chi connectivity index (χ1n) is 43.4. The third-order valence-corrected chi connectivity index (χ3v) is 26.2. The molecule has 9 nitrogen and oxygen atoms in total. The molecule has 26 rings (SSSR count). The molecule has 0 N–H and O–H groups in total. The van der Waals surface area contributed by atoms with E-state index in [2.05, 4.69) is 346 Å². The van der Waals surface area contributed by atoms with Gasteiger partial charge in [0, 0.05) is 77.5 Å². The molecule has 0 saturated heterocycles. The Bertz CT molecular complexity index is 7520. The first-order valence-corrected chi connectivity index (χ1v) is 43.4. The van der Waals surface area contributed by atoms with E-state index >= 15 is 0 Å². The van der Waals surface area contributed by atoms with Gasteiger partial charge >= 0.3 is 0 Å². The van der Waals surface area contributed by atoms with Crippen LogP contribution in [0.2, 0.25) is 0 Å². The van der Waals surface area contributed by atoms with Crippen LogP contribution in [0.3, 0.4) is 0 Å². The largest absolute Gasteiger partial charge is 0.456 e. The van der Waals surface area contributed by atoms with E-state index in [1.54, 1.807) is 0 Å². The van der Waals surface area contributed by atoms with Crippen LogP contribution in [0.1, 0.15) is 44.5 Å². The van der Waals surface area contributed by atoms with E-state index in [1.807, 2.05) is 97.1 Å². The van der Waals surface area contributed by atoms with Crippen LogP contribution in [0.15, 0.2) is 443 Å². The Kier molecular flexibility index (Phi) is 17.2. The number of hydrogen-bond acceptors (Lipinski definition) is 9. The summed E-state index contributed by atoms with van der Waals surface area (Å²) < 4.78 is 14.3. The van der Waals surface area contributed by atoms with Crippen molar-refractivity contribution in [3.05, 3.63) is 487 Å². The van der Waals surface area contributed by atoms with Crippen LogP contribution >= 0.6 is 0 Å². The Morgan fingerprint density at radius 2 is 0.438 bits per heavy atom. The highest BCUT2D eigenvalue weighted by Crippen LogP contribution is 2.66. The molecule has 4 aliphatic rings. The lowest BCUT2D eigenvalue weighted by atomic mass is 9.65. The first kappa shape index (κ1) is 73.7. The van der Waals surface area contributed by atoms with Gasteiger partial charge in [-0.1, -0.05) is 413 Å². The van der Waals surface area contributed by atoms with Crippen molar-refractivity contribution in [2.45, 2.75) is 10.8 Å². The number of nitrogens with zero attached hydrogens (tertiary/aromatic N) is 7. The van der Waals surface area contributed by atoms with Gasteiger partial charge < -0.3 is 9.47 Å². The Balaban J connectivity index is 0.000000139. The van der Waals surface area contributed by atoms with E-state index in [-0.39, 0.29) is 0 Å². The van der Waals surface area contributed by atoms with Crippen molar-refractivity contribution in [2.24, 2.45) is 0 Å². The second kappa shape index (κ2) is 29.9. The number of para-hydroxylation sites is 4. The average Bonchev–Trinajstić information content (AvgIpc) is 1.49. The quantitative estimate of drug-likeness (QED) is 0.124. The van der Waals surface area contributed by atoms with Crippen molar-refractivity contribution < 1.29 is 9.47 Å². The summed E-state index contributed by atoms with van der Waals surface area (Å²) in [4.78, 5) is 35.7. The summed E-state index contributed by atoms with van der Waals surface area (Å²) in [7, 11) is 0. The van der Waals surface area contributed by atoms with E-state index in [4.69, 9.17) is 44.4 Å². The van der Waals surface area contributed by atoms with Gasteiger partial charge in [0.2, 0.25) is 0 Å². The van der Waals surface area contributed by atoms with Crippen molar-refractivity contribution in [1.82, 2.24) is 34.9 Å². The Hall–Kier alpha value is -17.0. The molecule has 0 radical (unpaired) electrons. The number of hydrogen-bond donors (Lipinski definition) is 0. The Morgan fingerprint density at radius 3 is 0.805 bits per heavy atom. The fraction of sp³-hybridized carbons (Fsp3) is 0.0168. The average molecular weight is 1630 g/mol. The standard InChI is InChI=1S/C60H37N3O.C59H36N4O/c1-3-15-40(16-4-1)53-37-54(63-59(62-53)43-17-5-2-6-18-43)41-31-27-38(28-32-41)39-29-33-42(34-30-39)57-56-47(46-21-9-13-25-52(46)61-57)35-36-51-58(56)64-55-26-14-12-24-50(55)60(51)48-22-10-7-19-44(48)45-20-8-11-23-49(45)60;1-3-15-40(16-4-1)56-61-57(41-17-5-2-6-18-41)63-58(62-56)42-33-29-38(30-34-42)37-27-31-39(32-28-37)54-53-46(45-21-9-13-25-51(45)60-54)35-36-50-55(53)64-52-26-14-12-24-49(52)59(50)47-22-10-7-19-43(47)44-20-8-11-23-48(44)59/h1-37H;1-36H. The van der Waals surface area contributed by atoms with Crippen LogP contribution in [0.4, 0.5) is 0 Å². The maximum Gasteiger partial charge on any atom is 0.164 e. The summed E-state index contributed by atoms with van der Waals surface area (Å²) in [6, 6.07) is 156. The van der Waals surface area contributed by atoms with Gasteiger partial charge in [0.1, 0.15) is 23.0 Å². The van der Waals surface area contributed by atoms with E-state index in [0.717, 1.165) is 178 Å². The Labute approximate surface area is 739 Å². The van der Waals surface area contributed by atoms with Gasteiger partial charge in [0.15, 0.2) is 23.3 Å². The molecule has 22 aromatic rings. The lowest BCUT2D eigenvalue weighted by Gasteiger charge is -2.40. The second-order valence-corrected chi connectivity index (χ2v) is 33.1. The lowest BCUT2D eigenvalue weighted by molar-refractivity contribution is 0.441. The Morgan fingerprint density at radius 1 is 0.172 bits per heavy atom. The first-order chi connectivity index (χ1) is 63.4. The molecule has 596 valence electrons. The molecule has 0 atom stereocenters. The summed E-state index contributed by atoms with van der Waals surface area (Å²) in [6.07, 6.45) is 0. The van der Waals surface area contributed by atoms with Gasteiger partial charge in [-0.15, -0.1) is 0 Å². The van der Waals surface area contributed by atoms with Crippen LogP contribution in [0.5, 0.6) is 23.0 Å². The van der Waals surface area contributed by atoms with E-state index in [1.165, 1.54) is 44.5 Å². The van der Waals surface area contributed by atoms with Crippen LogP contribution < -0.4 is 9.47 Å². The zero-order valence-corrected chi connectivity index (χ0v) is 69.1. The van der Waals surface area contributed by atoms with Gasteiger partial charge in [-0.05, 0) is 108 Å². The zero-order valence-electron chi connectivity index (χ0n) is 69.1. The predicted molar refractivity (Wildman–Crippen MR) is 517 cm³/mol. The van der Waals surface area contributed by atoms with Gasteiger partial charge in [0.25, 0.3) is 0 Å². The van der Waals surface area contributed by atoms with Crippen molar-refractivity contribution in [3.63, 3.8) is 0 Å². The van der Waals surface area contributed by atoms with E-state index < -0.39 is 10.8 Å². The molecule has 0 bridgehead atoms. The van der Waals surface area contributed by atoms with E-state index in [9.17, 15) is 0 Å². The van der Waals surface area contributed by atoms with Crippen LogP contribution in [-0.4, -0.2) is 34.9 Å². The second-order valence-electron chi connectivity index (χ2n) is 33.1. The summed E-state index contributed by atoms with van der Waals surface area (Å²) in [5.74, 6) is 6.04. The minimum Gasteiger partial charge on any atom is -0.456 e. The van der Waals surface area contributed by atoms with Gasteiger partial charge in [-0.25, -0.2) is 34.9 Å². The number of pyridine rings is 2. The smallest absolute Gasteiger partial charge is 0.164 e. The van der Waals surface area contributed by atoms with Crippen molar-refractivity contribution in [3.8, 4) is 158 Å². The zero-order chi connectivity index (χ0) is 84.4. The summed E-state index contributed by atoms with van der Waals surface area (Å²) in [5, 5.41) is 6.43. The van der Waals surface area contributed by atoms with Crippen LogP contribution in [-0.2, 0) is 10.8 Å². The van der Waals surface area contributed by atoms with Gasteiger partial charge in [-0.3, -0.25) is 0 Å². The highest BCUT2D eigenvalue weighted by Gasteiger charge is 2.53. The molecule has 2 aliphatic heterocycles. The minimum absolute atomic E-state index is 0.567. The molecule has 6 heterocycles. The molecule has 0 unspecified atom stereocenters. The number of benzene rings is 18. The molecule has 0 fully saturated rings. The number of ether oxygens (including phenoxy) is 2.